The molecule has 0 fully saturated rings. The Morgan fingerprint density at radius 1 is 1.35 bits per heavy atom. The Labute approximate surface area is 147 Å². The molecule has 0 unspecified atom stereocenters. The number of hydrogen-bond donors (Lipinski definition) is 2. The lowest BCUT2D eigenvalue weighted by Gasteiger charge is -2.20. The van der Waals surface area contributed by atoms with Crippen molar-refractivity contribution in [1.29, 1.82) is 0 Å². The summed E-state index contributed by atoms with van der Waals surface area (Å²) >= 11 is 5.08. The van der Waals surface area contributed by atoms with Gasteiger partial charge in [-0.2, -0.15) is 0 Å². The van der Waals surface area contributed by atoms with E-state index in [1.54, 1.807) is 44.2 Å². The second kappa shape index (κ2) is 7.31. The summed E-state index contributed by atoms with van der Waals surface area (Å²) < 4.78 is 20.0. The largest absolute Gasteiger partial charge is 0.444 e. The first-order chi connectivity index (χ1) is 10.7. The van der Waals surface area contributed by atoms with Crippen LogP contribution in [0.3, 0.4) is 0 Å². The van der Waals surface area contributed by atoms with Crippen LogP contribution in [-0.4, -0.2) is 11.7 Å². The molecule has 0 aliphatic heterocycles. The minimum absolute atomic E-state index is 0.0782. The standard InChI is InChI=1S/C16H18BrFN2O2S/c1-16(2,3)22-15(21)20-13-8-10(4-5-12(13)18)19-9-14-11(17)6-7-23-14/h4-8,19H,9H2,1-3H3,(H,20,21). The van der Waals surface area contributed by atoms with Crippen LogP contribution in [0.15, 0.2) is 34.1 Å². The van der Waals surface area contributed by atoms with Crippen LogP contribution in [0.25, 0.3) is 0 Å². The Hall–Kier alpha value is -1.60. The van der Waals surface area contributed by atoms with Gasteiger partial charge in [0.25, 0.3) is 0 Å². The highest BCUT2D eigenvalue weighted by molar-refractivity contribution is 9.10. The summed E-state index contributed by atoms with van der Waals surface area (Å²) in [4.78, 5) is 12.9. The van der Waals surface area contributed by atoms with E-state index in [0.717, 1.165) is 9.35 Å². The molecule has 0 aliphatic rings. The van der Waals surface area contributed by atoms with E-state index < -0.39 is 17.5 Å². The summed E-state index contributed by atoms with van der Waals surface area (Å²) in [7, 11) is 0. The van der Waals surface area contributed by atoms with E-state index in [-0.39, 0.29) is 5.69 Å². The second-order valence-electron chi connectivity index (χ2n) is 5.87. The Bertz CT molecular complexity index is 698. The predicted octanol–water partition coefficient (Wildman–Crippen LogP) is 5.61. The van der Waals surface area contributed by atoms with Crippen molar-refractivity contribution < 1.29 is 13.9 Å². The Morgan fingerprint density at radius 2 is 2.09 bits per heavy atom. The highest BCUT2D eigenvalue weighted by Gasteiger charge is 2.17. The fourth-order valence-electron chi connectivity index (χ4n) is 1.78. The summed E-state index contributed by atoms with van der Waals surface area (Å²) in [6.45, 7) is 5.86. The first kappa shape index (κ1) is 17.7. The zero-order valence-electron chi connectivity index (χ0n) is 13.1. The van der Waals surface area contributed by atoms with E-state index in [1.807, 2.05) is 11.4 Å². The summed E-state index contributed by atoms with van der Waals surface area (Å²) in [5.74, 6) is -0.515. The molecule has 0 atom stereocenters. The van der Waals surface area contributed by atoms with Gasteiger partial charge in [-0.15, -0.1) is 11.3 Å². The van der Waals surface area contributed by atoms with E-state index in [1.165, 1.54) is 6.07 Å². The smallest absolute Gasteiger partial charge is 0.412 e. The van der Waals surface area contributed by atoms with E-state index in [0.29, 0.717) is 12.2 Å². The molecule has 0 bridgehead atoms. The highest BCUT2D eigenvalue weighted by Crippen LogP contribution is 2.25. The predicted molar refractivity (Wildman–Crippen MR) is 95.6 cm³/mol. The van der Waals surface area contributed by atoms with Gasteiger partial charge in [0.05, 0.1) is 12.2 Å². The number of thiophene rings is 1. The van der Waals surface area contributed by atoms with Crippen molar-refractivity contribution in [2.24, 2.45) is 0 Å². The van der Waals surface area contributed by atoms with Crippen LogP contribution in [0.4, 0.5) is 20.6 Å². The van der Waals surface area contributed by atoms with Gasteiger partial charge in [0, 0.05) is 15.0 Å². The molecule has 1 heterocycles. The molecule has 124 valence electrons. The van der Waals surface area contributed by atoms with E-state index in [4.69, 9.17) is 4.74 Å². The van der Waals surface area contributed by atoms with Crippen molar-refractivity contribution in [3.05, 3.63) is 44.8 Å². The lowest BCUT2D eigenvalue weighted by molar-refractivity contribution is 0.0635. The molecule has 23 heavy (non-hydrogen) atoms. The zero-order valence-corrected chi connectivity index (χ0v) is 15.5. The number of anilines is 2. The molecule has 0 saturated heterocycles. The van der Waals surface area contributed by atoms with Gasteiger partial charge < -0.3 is 10.1 Å². The van der Waals surface area contributed by atoms with Gasteiger partial charge in [0.2, 0.25) is 0 Å². The fourth-order valence-corrected chi connectivity index (χ4v) is 3.21. The molecule has 4 nitrogen and oxygen atoms in total. The van der Waals surface area contributed by atoms with E-state index >= 15 is 0 Å². The third kappa shape index (κ3) is 5.51. The second-order valence-corrected chi connectivity index (χ2v) is 7.72. The molecule has 2 rings (SSSR count). The molecule has 2 aromatic rings. The summed E-state index contributed by atoms with van der Waals surface area (Å²) in [6, 6.07) is 6.44. The van der Waals surface area contributed by atoms with Gasteiger partial charge in [-0.3, -0.25) is 5.32 Å². The quantitative estimate of drug-likeness (QED) is 0.700. The van der Waals surface area contributed by atoms with E-state index in [2.05, 4.69) is 26.6 Å². The minimum atomic E-state index is -0.686. The van der Waals surface area contributed by atoms with Crippen molar-refractivity contribution >= 4 is 44.7 Å². The van der Waals surface area contributed by atoms with Crippen LogP contribution >= 0.6 is 27.3 Å². The Morgan fingerprint density at radius 3 is 2.70 bits per heavy atom. The number of hydrogen-bond acceptors (Lipinski definition) is 4. The van der Waals surface area contributed by atoms with Gasteiger partial charge in [-0.1, -0.05) is 0 Å². The lowest BCUT2D eigenvalue weighted by atomic mass is 10.2. The molecule has 0 aliphatic carbocycles. The van der Waals surface area contributed by atoms with Crippen LogP contribution in [0.1, 0.15) is 25.6 Å². The van der Waals surface area contributed by atoms with Gasteiger partial charge in [0.1, 0.15) is 11.4 Å². The third-order valence-corrected chi connectivity index (χ3v) is 4.67. The normalized spacial score (nSPS) is 11.2. The number of rotatable bonds is 4. The molecule has 0 saturated carbocycles. The zero-order chi connectivity index (χ0) is 17.0. The number of amides is 1. The summed E-state index contributed by atoms with van der Waals surface area (Å²) in [6.07, 6.45) is -0.686. The molecule has 7 heteroatoms. The van der Waals surface area contributed by atoms with Gasteiger partial charge in [-0.05, 0) is 66.3 Å². The van der Waals surface area contributed by atoms with Gasteiger partial charge in [-0.25, -0.2) is 9.18 Å². The molecule has 1 amide bonds. The molecule has 0 spiro atoms. The van der Waals surface area contributed by atoms with E-state index in [9.17, 15) is 9.18 Å². The number of benzene rings is 1. The van der Waals surface area contributed by atoms with Gasteiger partial charge in [0.15, 0.2) is 0 Å². The van der Waals surface area contributed by atoms with Crippen molar-refractivity contribution in [3.8, 4) is 0 Å². The average Bonchev–Trinajstić information content (AvgIpc) is 2.83. The molecular formula is C16H18BrFN2O2S. The summed E-state index contributed by atoms with van der Waals surface area (Å²) in [5.41, 5.74) is 0.147. The molecule has 1 aromatic carbocycles. The highest BCUT2D eigenvalue weighted by atomic mass is 79.9. The first-order valence-electron chi connectivity index (χ1n) is 7.00. The SMILES string of the molecule is CC(C)(C)OC(=O)Nc1cc(NCc2sccc2Br)ccc1F. The van der Waals surface area contributed by atoms with Gasteiger partial charge >= 0.3 is 6.09 Å². The molecule has 1 aromatic heterocycles. The van der Waals surface area contributed by atoms with Crippen LogP contribution in [0.5, 0.6) is 0 Å². The first-order valence-corrected chi connectivity index (χ1v) is 8.67. The minimum Gasteiger partial charge on any atom is -0.444 e. The molecule has 2 N–H and O–H groups in total. The van der Waals surface area contributed by atoms with Crippen LogP contribution in [0, 0.1) is 5.82 Å². The molecule has 0 radical (unpaired) electrons. The van der Waals surface area contributed by atoms with Crippen LogP contribution < -0.4 is 10.6 Å². The maximum Gasteiger partial charge on any atom is 0.412 e. The molecular weight excluding hydrogens is 383 g/mol. The number of carbonyl (C=O) groups excluding carboxylic acids is 1. The topological polar surface area (TPSA) is 50.4 Å². The van der Waals surface area contributed by atoms with Crippen molar-refractivity contribution in [2.75, 3.05) is 10.6 Å². The van der Waals surface area contributed by atoms with Crippen molar-refractivity contribution in [3.63, 3.8) is 0 Å². The number of nitrogens with one attached hydrogen (secondary N) is 2. The van der Waals surface area contributed by atoms with Crippen LogP contribution in [0.2, 0.25) is 0 Å². The van der Waals surface area contributed by atoms with Crippen molar-refractivity contribution in [1.82, 2.24) is 0 Å². The van der Waals surface area contributed by atoms with Crippen molar-refractivity contribution in [2.45, 2.75) is 32.9 Å². The third-order valence-electron chi connectivity index (χ3n) is 2.75. The number of halogens is 2. The lowest BCUT2D eigenvalue weighted by Crippen LogP contribution is -2.27. The summed E-state index contributed by atoms with van der Waals surface area (Å²) in [5, 5.41) is 7.61. The number of ether oxygens (including phenoxy) is 1. The maximum atomic E-state index is 13.8. The maximum absolute atomic E-state index is 13.8. The Balaban J connectivity index is 2.03. The average molecular weight is 401 g/mol. The number of carbonyl (C=O) groups is 1. The fraction of sp³-hybridized carbons (Fsp3) is 0.312. The van der Waals surface area contributed by atoms with Crippen LogP contribution in [-0.2, 0) is 11.3 Å². The Kier molecular flexibility index (Phi) is 5.64. The monoisotopic (exact) mass is 400 g/mol.